The molecule has 0 atom stereocenters. The van der Waals surface area contributed by atoms with E-state index in [1.165, 1.54) is 26.4 Å². The first-order valence-corrected chi connectivity index (χ1v) is 7.53. The number of carbonyl (C=O) groups is 1. The molecule has 2 aromatic rings. The second kappa shape index (κ2) is 8.37. The molecule has 0 spiro atoms. The van der Waals surface area contributed by atoms with E-state index in [0.717, 1.165) is 18.3 Å². The van der Waals surface area contributed by atoms with Gasteiger partial charge in [0.15, 0.2) is 11.5 Å². The number of amides is 1. The summed E-state index contributed by atoms with van der Waals surface area (Å²) in [4.78, 5) is 11.9. The normalized spacial score (nSPS) is 11.4. The molecule has 0 bridgehead atoms. The van der Waals surface area contributed by atoms with Crippen LogP contribution in [-0.4, -0.2) is 26.3 Å². The number of alkyl halides is 3. The smallest absolute Gasteiger partial charge is 0.416 e. The van der Waals surface area contributed by atoms with Crippen molar-refractivity contribution in [2.75, 3.05) is 14.2 Å². The summed E-state index contributed by atoms with van der Waals surface area (Å²) < 4.78 is 48.2. The molecule has 138 valence electrons. The van der Waals surface area contributed by atoms with E-state index in [4.69, 9.17) is 9.47 Å². The number of hydrazone groups is 1. The Morgan fingerprint density at radius 3 is 2.50 bits per heavy atom. The van der Waals surface area contributed by atoms with Crippen molar-refractivity contribution in [3.8, 4) is 11.5 Å². The van der Waals surface area contributed by atoms with Crippen molar-refractivity contribution in [3.05, 3.63) is 59.2 Å². The van der Waals surface area contributed by atoms with Crippen molar-refractivity contribution in [3.63, 3.8) is 0 Å². The summed E-state index contributed by atoms with van der Waals surface area (Å²) in [5.41, 5.74) is 2.40. The van der Waals surface area contributed by atoms with Gasteiger partial charge in [0.05, 0.1) is 32.4 Å². The second-order valence-electron chi connectivity index (χ2n) is 5.28. The zero-order chi connectivity index (χ0) is 19.2. The Kier molecular flexibility index (Phi) is 6.21. The van der Waals surface area contributed by atoms with Crippen molar-refractivity contribution >= 4 is 12.1 Å². The number of nitrogens with one attached hydrogen (secondary N) is 1. The van der Waals surface area contributed by atoms with Crippen LogP contribution in [0.3, 0.4) is 0 Å². The number of nitrogens with zero attached hydrogens (tertiary/aromatic N) is 1. The number of hydrogen-bond donors (Lipinski definition) is 1. The van der Waals surface area contributed by atoms with Crippen molar-refractivity contribution in [1.82, 2.24) is 5.43 Å². The molecule has 0 heterocycles. The highest BCUT2D eigenvalue weighted by atomic mass is 19.4. The van der Waals surface area contributed by atoms with Crippen LogP contribution in [0.4, 0.5) is 13.2 Å². The Labute approximate surface area is 148 Å². The van der Waals surface area contributed by atoms with Crippen LogP contribution in [0.15, 0.2) is 47.6 Å². The Bertz CT molecular complexity index is 805. The van der Waals surface area contributed by atoms with Gasteiger partial charge in [-0.05, 0) is 35.4 Å². The Balaban J connectivity index is 1.98. The number of methoxy groups -OCH3 is 2. The van der Waals surface area contributed by atoms with E-state index in [0.29, 0.717) is 17.1 Å². The van der Waals surface area contributed by atoms with Crippen molar-refractivity contribution in [1.29, 1.82) is 0 Å². The third-order valence-corrected chi connectivity index (χ3v) is 3.43. The predicted octanol–water partition coefficient (Wildman–Crippen LogP) is 3.42. The molecule has 0 radical (unpaired) electrons. The Morgan fingerprint density at radius 1 is 1.12 bits per heavy atom. The first kappa shape index (κ1) is 19.3. The van der Waals surface area contributed by atoms with Crippen LogP contribution >= 0.6 is 0 Å². The molecule has 26 heavy (non-hydrogen) atoms. The van der Waals surface area contributed by atoms with Gasteiger partial charge in [-0.3, -0.25) is 4.79 Å². The lowest BCUT2D eigenvalue weighted by Crippen LogP contribution is -2.19. The fourth-order valence-electron chi connectivity index (χ4n) is 2.19. The molecule has 0 unspecified atom stereocenters. The zero-order valence-electron chi connectivity index (χ0n) is 14.1. The highest BCUT2D eigenvalue weighted by molar-refractivity contribution is 5.83. The van der Waals surface area contributed by atoms with Gasteiger partial charge in [-0.2, -0.15) is 18.3 Å². The quantitative estimate of drug-likeness (QED) is 0.630. The van der Waals surface area contributed by atoms with Gasteiger partial charge < -0.3 is 9.47 Å². The van der Waals surface area contributed by atoms with Gasteiger partial charge in [-0.25, -0.2) is 5.43 Å². The molecule has 0 aliphatic rings. The van der Waals surface area contributed by atoms with E-state index in [2.05, 4.69) is 10.5 Å². The molecule has 2 rings (SSSR count). The van der Waals surface area contributed by atoms with Crippen molar-refractivity contribution in [2.24, 2.45) is 5.10 Å². The summed E-state index contributed by atoms with van der Waals surface area (Å²) >= 11 is 0. The molecule has 0 saturated heterocycles. The summed E-state index contributed by atoms with van der Waals surface area (Å²) in [7, 11) is 2.99. The Hall–Kier alpha value is -3.03. The standard InChI is InChI=1S/C18H17F3N2O3/c1-25-15-7-6-12(9-16(15)26-2)10-17(24)23-22-11-13-4-3-5-14(8-13)18(19,20)21/h3-9,11H,10H2,1-2H3,(H,23,24)/b22-11-. The first-order valence-electron chi connectivity index (χ1n) is 7.53. The molecular weight excluding hydrogens is 349 g/mol. The minimum absolute atomic E-state index is 0.0281. The maximum atomic E-state index is 12.6. The van der Waals surface area contributed by atoms with Gasteiger partial charge in [-0.1, -0.05) is 18.2 Å². The molecule has 0 aromatic heterocycles. The molecule has 1 N–H and O–H groups in total. The molecule has 1 amide bonds. The molecule has 0 fully saturated rings. The van der Waals surface area contributed by atoms with E-state index in [9.17, 15) is 18.0 Å². The molecular formula is C18H17F3N2O3. The monoisotopic (exact) mass is 366 g/mol. The van der Waals surface area contributed by atoms with Crippen molar-refractivity contribution < 1.29 is 27.4 Å². The van der Waals surface area contributed by atoms with Crippen LogP contribution in [-0.2, 0) is 17.4 Å². The molecule has 2 aromatic carbocycles. The van der Waals surface area contributed by atoms with E-state index >= 15 is 0 Å². The zero-order valence-corrected chi connectivity index (χ0v) is 14.1. The Morgan fingerprint density at radius 2 is 1.85 bits per heavy atom. The van der Waals surface area contributed by atoms with E-state index in [-0.39, 0.29) is 12.0 Å². The van der Waals surface area contributed by atoms with E-state index < -0.39 is 17.6 Å². The average molecular weight is 366 g/mol. The number of halogens is 3. The largest absolute Gasteiger partial charge is 0.493 e. The van der Waals surface area contributed by atoms with Gasteiger partial charge in [0.1, 0.15) is 0 Å². The number of rotatable bonds is 6. The molecule has 5 nitrogen and oxygen atoms in total. The predicted molar refractivity (Wildman–Crippen MR) is 90.4 cm³/mol. The summed E-state index contributed by atoms with van der Waals surface area (Å²) in [6.07, 6.45) is -3.25. The molecule has 0 saturated carbocycles. The van der Waals surface area contributed by atoms with Gasteiger partial charge in [0.2, 0.25) is 5.91 Å². The lowest BCUT2D eigenvalue weighted by molar-refractivity contribution is -0.137. The van der Waals surface area contributed by atoms with Crippen LogP contribution < -0.4 is 14.9 Å². The molecule has 0 aliphatic carbocycles. The second-order valence-corrected chi connectivity index (χ2v) is 5.28. The highest BCUT2D eigenvalue weighted by Gasteiger charge is 2.30. The van der Waals surface area contributed by atoms with Crippen LogP contribution in [0.1, 0.15) is 16.7 Å². The number of benzene rings is 2. The maximum Gasteiger partial charge on any atom is 0.416 e. The SMILES string of the molecule is COc1ccc(CC(=O)N/N=C\c2cccc(C(F)(F)F)c2)cc1OC. The lowest BCUT2D eigenvalue weighted by atomic mass is 10.1. The number of hydrogen-bond acceptors (Lipinski definition) is 4. The summed E-state index contributed by atoms with van der Waals surface area (Å²) in [5.74, 6) is 0.616. The molecule has 8 heteroatoms. The van der Waals surface area contributed by atoms with E-state index in [1.54, 1.807) is 18.2 Å². The fraction of sp³-hybridized carbons (Fsp3) is 0.222. The van der Waals surface area contributed by atoms with Crippen LogP contribution in [0, 0.1) is 0 Å². The minimum atomic E-state index is -4.43. The third kappa shape index (κ3) is 5.23. The number of carbonyl (C=O) groups excluding carboxylic acids is 1. The summed E-state index contributed by atoms with van der Waals surface area (Å²) in [5, 5.41) is 3.69. The fourth-order valence-corrected chi connectivity index (χ4v) is 2.19. The van der Waals surface area contributed by atoms with Gasteiger partial charge in [0.25, 0.3) is 0 Å². The van der Waals surface area contributed by atoms with Gasteiger partial charge in [0, 0.05) is 0 Å². The van der Waals surface area contributed by atoms with Crippen LogP contribution in [0.2, 0.25) is 0 Å². The summed E-state index contributed by atoms with van der Waals surface area (Å²) in [6.45, 7) is 0. The third-order valence-electron chi connectivity index (χ3n) is 3.43. The number of ether oxygens (including phenoxy) is 2. The topological polar surface area (TPSA) is 59.9 Å². The van der Waals surface area contributed by atoms with Crippen molar-refractivity contribution in [2.45, 2.75) is 12.6 Å². The molecule has 0 aliphatic heterocycles. The highest BCUT2D eigenvalue weighted by Crippen LogP contribution is 2.29. The maximum absolute atomic E-state index is 12.6. The minimum Gasteiger partial charge on any atom is -0.493 e. The van der Waals surface area contributed by atoms with Gasteiger partial charge >= 0.3 is 6.18 Å². The van der Waals surface area contributed by atoms with Crippen LogP contribution in [0.25, 0.3) is 0 Å². The van der Waals surface area contributed by atoms with Crippen LogP contribution in [0.5, 0.6) is 11.5 Å². The van der Waals surface area contributed by atoms with E-state index in [1.807, 2.05) is 0 Å². The summed E-state index contributed by atoms with van der Waals surface area (Å²) in [6, 6.07) is 9.69. The van der Waals surface area contributed by atoms with Gasteiger partial charge in [-0.15, -0.1) is 0 Å². The first-order chi connectivity index (χ1) is 12.3. The average Bonchev–Trinajstić information content (AvgIpc) is 2.61. The lowest BCUT2D eigenvalue weighted by Gasteiger charge is -2.09.